The molecule has 0 fully saturated rings. The summed E-state index contributed by atoms with van der Waals surface area (Å²) >= 11 is 0. The topological polar surface area (TPSA) is 23.9 Å². The lowest BCUT2D eigenvalue weighted by Gasteiger charge is -2.02. The Kier molecular flexibility index (Phi) is 10.6. The number of rotatable bonds is 3. The molecule has 11 heavy (non-hydrogen) atoms. The standard InChI is InChI=1S/C8H13N.C2H6/c1-4-8(5-6-9)7(2)3;1-2/h4-7,9H,1H2,2-3H3;1-2H3/b8-5+,9-6?;. The van der Waals surface area contributed by atoms with Crippen molar-refractivity contribution in [2.75, 3.05) is 0 Å². The van der Waals surface area contributed by atoms with Gasteiger partial charge in [0.1, 0.15) is 0 Å². The molecule has 1 heteroatoms. The Balaban J connectivity index is 0. The minimum absolute atomic E-state index is 0.476. The molecule has 0 atom stereocenters. The smallest absolute Gasteiger partial charge is 0.0180 e. The maximum atomic E-state index is 6.78. The van der Waals surface area contributed by atoms with Crippen molar-refractivity contribution in [1.29, 1.82) is 5.41 Å². The van der Waals surface area contributed by atoms with E-state index in [-0.39, 0.29) is 0 Å². The normalized spacial score (nSPS) is 10.1. The van der Waals surface area contributed by atoms with Gasteiger partial charge in [0.05, 0.1) is 0 Å². The van der Waals surface area contributed by atoms with Crippen LogP contribution in [0.1, 0.15) is 27.7 Å². The summed E-state index contributed by atoms with van der Waals surface area (Å²) in [5.41, 5.74) is 1.12. The predicted octanol–water partition coefficient (Wildman–Crippen LogP) is 3.43. The van der Waals surface area contributed by atoms with Gasteiger partial charge in [-0.05, 0) is 17.6 Å². The zero-order valence-corrected chi connectivity index (χ0v) is 8.02. The first-order valence-corrected chi connectivity index (χ1v) is 4.05. The second-order valence-electron chi connectivity index (χ2n) is 2.19. The Labute approximate surface area is 70.3 Å². The van der Waals surface area contributed by atoms with Crippen LogP contribution in [0.3, 0.4) is 0 Å². The molecule has 0 amide bonds. The molecule has 0 unspecified atom stereocenters. The van der Waals surface area contributed by atoms with Gasteiger partial charge in [-0.2, -0.15) is 0 Å². The van der Waals surface area contributed by atoms with E-state index >= 15 is 0 Å². The molecule has 0 aromatic carbocycles. The first-order valence-electron chi connectivity index (χ1n) is 4.05. The van der Waals surface area contributed by atoms with Crippen molar-refractivity contribution in [1.82, 2.24) is 0 Å². The first kappa shape index (κ1) is 12.8. The van der Waals surface area contributed by atoms with Crippen LogP contribution in [-0.2, 0) is 0 Å². The van der Waals surface area contributed by atoms with Crippen LogP contribution >= 0.6 is 0 Å². The van der Waals surface area contributed by atoms with Crippen molar-refractivity contribution in [3.05, 3.63) is 24.3 Å². The maximum absolute atomic E-state index is 6.78. The fourth-order valence-electron chi connectivity index (χ4n) is 0.592. The van der Waals surface area contributed by atoms with Gasteiger partial charge < -0.3 is 5.41 Å². The molecule has 0 aromatic heterocycles. The van der Waals surface area contributed by atoms with Crippen molar-refractivity contribution >= 4 is 6.21 Å². The minimum atomic E-state index is 0.476. The average Bonchev–Trinajstić information content (AvgIpc) is 2.03. The van der Waals surface area contributed by atoms with Gasteiger partial charge >= 0.3 is 0 Å². The van der Waals surface area contributed by atoms with E-state index in [9.17, 15) is 0 Å². The summed E-state index contributed by atoms with van der Waals surface area (Å²) in [5, 5.41) is 6.78. The molecule has 1 nitrogen and oxygen atoms in total. The lowest BCUT2D eigenvalue weighted by molar-refractivity contribution is 0.793. The van der Waals surface area contributed by atoms with Crippen LogP contribution in [-0.4, -0.2) is 6.21 Å². The molecule has 0 heterocycles. The zero-order chi connectivity index (χ0) is 9.28. The Morgan fingerprint density at radius 3 is 1.91 bits per heavy atom. The Morgan fingerprint density at radius 1 is 1.36 bits per heavy atom. The molecule has 0 rings (SSSR count). The van der Waals surface area contributed by atoms with Gasteiger partial charge in [0.15, 0.2) is 0 Å². The van der Waals surface area contributed by atoms with Gasteiger partial charge in [0.25, 0.3) is 0 Å². The summed E-state index contributed by atoms with van der Waals surface area (Å²) in [6.07, 6.45) is 4.84. The molecular weight excluding hydrogens is 134 g/mol. The van der Waals surface area contributed by atoms with E-state index in [1.165, 1.54) is 6.21 Å². The van der Waals surface area contributed by atoms with Crippen molar-refractivity contribution in [2.45, 2.75) is 27.7 Å². The summed E-state index contributed by atoms with van der Waals surface area (Å²) in [5.74, 6) is 0.476. The van der Waals surface area contributed by atoms with Crippen LogP contribution in [0.4, 0.5) is 0 Å². The summed E-state index contributed by atoms with van der Waals surface area (Å²) in [4.78, 5) is 0. The molecule has 0 saturated carbocycles. The van der Waals surface area contributed by atoms with E-state index < -0.39 is 0 Å². The van der Waals surface area contributed by atoms with Gasteiger partial charge in [0, 0.05) is 6.21 Å². The van der Waals surface area contributed by atoms with Gasteiger partial charge in [0.2, 0.25) is 0 Å². The van der Waals surface area contributed by atoms with E-state index in [0.717, 1.165) is 5.57 Å². The quantitative estimate of drug-likeness (QED) is 0.474. The van der Waals surface area contributed by atoms with Crippen LogP contribution < -0.4 is 0 Å². The van der Waals surface area contributed by atoms with E-state index in [0.29, 0.717) is 5.92 Å². The fraction of sp³-hybridized carbons (Fsp3) is 0.500. The summed E-state index contributed by atoms with van der Waals surface area (Å²) in [7, 11) is 0. The van der Waals surface area contributed by atoms with Gasteiger partial charge in [-0.3, -0.25) is 0 Å². The predicted molar refractivity (Wildman–Crippen MR) is 53.2 cm³/mol. The van der Waals surface area contributed by atoms with Crippen LogP contribution in [0, 0.1) is 11.3 Å². The second-order valence-corrected chi connectivity index (χ2v) is 2.19. The molecule has 1 N–H and O–H groups in total. The highest BCUT2D eigenvalue weighted by molar-refractivity contribution is 5.69. The molecule has 64 valence electrons. The third-order valence-corrected chi connectivity index (χ3v) is 1.18. The number of nitrogens with one attached hydrogen (secondary N) is 1. The largest absolute Gasteiger partial charge is 0.309 e. The van der Waals surface area contributed by atoms with E-state index in [1.54, 1.807) is 12.2 Å². The molecule has 0 aliphatic heterocycles. The van der Waals surface area contributed by atoms with E-state index in [1.807, 2.05) is 13.8 Å². The number of allylic oxidation sites excluding steroid dienone is 3. The van der Waals surface area contributed by atoms with Crippen LogP contribution in [0.2, 0.25) is 0 Å². The van der Waals surface area contributed by atoms with Crippen molar-refractivity contribution in [3.8, 4) is 0 Å². The lowest BCUT2D eigenvalue weighted by atomic mass is 10.0. The summed E-state index contributed by atoms with van der Waals surface area (Å²) < 4.78 is 0. The Morgan fingerprint density at radius 2 is 1.82 bits per heavy atom. The molecule has 0 bridgehead atoms. The van der Waals surface area contributed by atoms with E-state index in [2.05, 4.69) is 20.4 Å². The van der Waals surface area contributed by atoms with Crippen LogP contribution in [0.15, 0.2) is 24.3 Å². The summed E-state index contributed by atoms with van der Waals surface area (Å²) in [6.45, 7) is 11.8. The minimum Gasteiger partial charge on any atom is -0.309 e. The highest BCUT2D eigenvalue weighted by Gasteiger charge is 1.94. The van der Waals surface area contributed by atoms with Gasteiger partial charge in [-0.15, -0.1) is 0 Å². The molecular formula is C10H19N. The van der Waals surface area contributed by atoms with Crippen molar-refractivity contribution in [3.63, 3.8) is 0 Å². The molecule has 0 radical (unpaired) electrons. The highest BCUT2D eigenvalue weighted by Crippen LogP contribution is 2.08. The first-order chi connectivity index (χ1) is 5.22. The number of hydrogen-bond donors (Lipinski definition) is 1. The third kappa shape index (κ3) is 7.04. The second kappa shape index (κ2) is 9.15. The maximum Gasteiger partial charge on any atom is 0.0180 e. The third-order valence-electron chi connectivity index (χ3n) is 1.18. The Bertz CT molecular complexity index is 132. The van der Waals surface area contributed by atoms with Crippen LogP contribution in [0.25, 0.3) is 0 Å². The van der Waals surface area contributed by atoms with E-state index in [4.69, 9.17) is 5.41 Å². The molecule has 0 saturated heterocycles. The van der Waals surface area contributed by atoms with Crippen molar-refractivity contribution < 1.29 is 0 Å². The molecule has 0 aliphatic rings. The lowest BCUT2D eigenvalue weighted by Crippen LogP contribution is -1.89. The Hall–Kier alpha value is -0.850. The van der Waals surface area contributed by atoms with Crippen LogP contribution in [0.5, 0.6) is 0 Å². The molecule has 0 aliphatic carbocycles. The molecule has 0 spiro atoms. The van der Waals surface area contributed by atoms with Gasteiger partial charge in [-0.1, -0.05) is 40.3 Å². The average molecular weight is 153 g/mol. The van der Waals surface area contributed by atoms with Crippen molar-refractivity contribution in [2.24, 2.45) is 5.92 Å². The highest BCUT2D eigenvalue weighted by atomic mass is 14.3. The molecule has 0 aromatic rings. The SMILES string of the molecule is C=C/C(=C\C=N)C(C)C.CC. The summed E-state index contributed by atoms with van der Waals surface area (Å²) in [6, 6.07) is 0. The van der Waals surface area contributed by atoms with Gasteiger partial charge in [-0.25, -0.2) is 0 Å². The zero-order valence-electron chi connectivity index (χ0n) is 8.02. The fourth-order valence-corrected chi connectivity index (χ4v) is 0.592. The monoisotopic (exact) mass is 153 g/mol. The number of hydrogen-bond acceptors (Lipinski definition) is 1.